The molecule has 3 aromatic carbocycles. The van der Waals surface area contributed by atoms with Crippen molar-refractivity contribution >= 4 is 27.5 Å². The van der Waals surface area contributed by atoms with Gasteiger partial charge in [0.2, 0.25) is 9.84 Å². The van der Waals surface area contributed by atoms with Crippen LogP contribution in [0.25, 0.3) is 6.08 Å². The maximum absolute atomic E-state index is 13.0. The predicted molar refractivity (Wildman–Crippen MR) is 109 cm³/mol. The molecule has 0 aliphatic carbocycles. The van der Waals surface area contributed by atoms with Crippen LogP contribution in [0.5, 0.6) is 5.75 Å². The van der Waals surface area contributed by atoms with Crippen molar-refractivity contribution in [3.63, 3.8) is 0 Å². The van der Waals surface area contributed by atoms with E-state index < -0.39 is 14.7 Å². The van der Waals surface area contributed by atoms with Gasteiger partial charge in [0.05, 0.1) is 4.90 Å². The van der Waals surface area contributed by atoms with E-state index in [2.05, 4.69) is 0 Å². The van der Waals surface area contributed by atoms with E-state index in [0.717, 1.165) is 5.56 Å². The van der Waals surface area contributed by atoms with Crippen LogP contribution in [-0.4, -0.2) is 8.42 Å². The van der Waals surface area contributed by atoms with Crippen LogP contribution in [0.3, 0.4) is 0 Å². The van der Waals surface area contributed by atoms with Gasteiger partial charge in [-0.05, 0) is 65.7 Å². The maximum atomic E-state index is 13.0. The molecule has 0 aliphatic heterocycles. The van der Waals surface area contributed by atoms with Gasteiger partial charge in [-0.2, -0.15) is 5.26 Å². The van der Waals surface area contributed by atoms with E-state index in [-0.39, 0.29) is 17.3 Å². The summed E-state index contributed by atoms with van der Waals surface area (Å²) in [5.74, 6) is 0.163. The summed E-state index contributed by atoms with van der Waals surface area (Å²) in [5.41, 5.74) is 1.28. The fraction of sp³-hybridized carbons (Fsp3) is 0.0455. The lowest BCUT2D eigenvalue weighted by Gasteiger charge is -2.08. The highest BCUT2D eigenvalue weighted by Gasteiger charge is 2.20. The average molecular weight is 428 g/mol. The first-order valence-electron chi connectivity index (χ1n) is 8.48. The van der Waals surface area contributed by atoms with Crippen LogP contribution in [0.1, 0.15) is 11.1 Å². The van der Waals surface area contributed by atoms with Crippen molar-refractivity contribution in [1.29, 1.82) is 5.26 Å². The molecule has 0 N–H and O–H groups in total. The van der Waals surface area contributed by atoms with Crippen molar-refractivity contribution in [2.75, 3.05) is 0 Å². The molecule has 0 radical (unpaired) electrons. The molecule has 0 unspecified atom stereocenters. The summed E-state index contributed by atoms with van der Waals surface area (Å²) in [6, 6.07) is 20.0. The SMILES string of the molecule is N#C/C(=C\c1cccc(OCc2ccc(F)cc2)c1)S(=O)(=O)c1ccc(Cl)cc1. The molecule has 4 nitrogen and oxygen atoms in total. The lowest BCUT2D eigenvalue weighted by Crippen LogP contribution is -2.03. The molecule has 7 heteroatoms. The molecular formula is C22H15ClFNO3S. The van der Waals surface area contributed by atoms with Crippen LogP contribution in [0.2, 0.25) is 5.02 Å². The van der Waals surface area contributed by atoms with Crippen LogP contribution in [0.15, 0.2) is 82.6 Å². The van der Waals surface area contributed by atoms with Crippen molar-refractivity contribution in [2.45, 2.75) is 11.5 Å². The van der Waals surface area contributed by atoms with E-state index in [1.807, 2.05) is 0 Å². The summed E-state index contributed by atoms with van der Waals surface area (Å²) in [4.78, 5) is -0.408. The number of ether oxygens (including phenoxy) is 1. The van der Waals surface area contributed by atoms with E-state index in [0.29, 0.717) is 16.3 Å². The first kappa shape index (κ1) is 20.6. The number of nitrogens with zero attached hydrogens (tertiary/aromatic N) is 1. The number of hydrogen-bond donors (Lipinski definition) is 0. The van der Waals surface area contributed by atoms with Gasteiger partial charge in [-0.3, -0.25) is 0 Å². The molecule has 29 heavy (non-hydrogen) atoms. The van der Waals surface area contributed by atoms with Crippen LogP contribution in [-0.2, 0) is 16.4 Å². The van der Waals surface area contributed by atoms with E-state index >= 15 is 0 Å². The lowest BCUT2D eigenvalue weighted by atomic mass is 10.2. The third-order valence-corrected chi connectivity index (χ3v) is 5.93. The van der Waals surface area contributed by atoms with Gasteiger partial charge in [-0.15, -0.1) is 0 Å². The second kappa shape index (κ2) is 8.91. The van der Waals surface area contributed by atoms with E-state index in [9.17, 15) is 18.1 Å². The molecule has 0 saturated heterocycles. The minimum atomic E-state index is -3.97. The van der Waals surface area contributed by atoms with Crippen molar-refractivity contribution in [1.82, 2.24) is 0 Å². The van der Waals surface area contributed by atoms with Crippen LogP contribution in [0.4, 0.5) is 4.39 Å². The van der Waals surface area contributed by atoms with Gasteiger partial charge < -0.3 is 4.74 Å². The van der Waals surface area contributed by atoms with E-state index in [1.54, 1.807) is 42.5 Å². The molecule has 0 amide bonds. The Balaban J connectivity index is 1.82. The molecule has 0 heterocycles. The standard InChI is InChI=1S/C22H15ClFNO3S/c23-18-6-10-21(11-7-18)29(26,27)22(14-25)13-17-2-1-3-20(12-17)28-15-16-4-8-19(24)9-5-16/h1-13H,15H2/b22-13+. The molecule has 3 aromatic rings. The molecule has 0 spiro atoms. The molecule has 0 bridgehead atoms. The summed E-state index contributed by atoms with van der Waals surface area (Å²) < 4.78 is 44.1. The number of rotatable bonds is 6. The summed E-state index contributed by atoms with van der Waals surface area (Å²) in [6.07, 6.45) is 1.29. The summed E-state index contributed by atoms with van der Waals surface area (Å²) in [6.45, 7) is 0.224. The fourth-order valence-corrected chi connectivity index (χ4v) is 3.79. The normalized spacial score (nSPS) is 11.7. The monoisotopic (exact) mass is 427 g/mol. The summed E-state index contributed by atoms with van der Waals surface area (Å²) >= 11 is 5.80. The second-order valence-electron chi connectivity index (χ2n) is 6.07. The Morgan fingerprint density at radius 1 is 1.07 bits per heavy atom. The molecule has 146 valence electrons. The first-order chi connectivity index (χ1) is 13.9. The minimum Gasteiger partial charge on any atom is -0.489 e. The highest BCUT2D eigenvalue weighted by Crippen LogP contribution is 2.24. The molecular weight excluding hydrogens is 413 g/mol. The smallest absolute Gasteiger partial charge is 0.216 e. The number of hydrogen-bond acceptors (Lipinski definition) is 4. The van der Waals surface area contributed by atoms with E-state index in [4.69, 9.17) is 16.3 Å². The Kier molecular flexibility index (Phi) is 6.32. The number of halogens is 2. The Morgan fingerprint density at radius 2 is 1.76 bits per heavy atom. The highest BCUT2D eigenvalue weighted by molar-refractivity contribution is 7.95. The first-order valence-corrected chi connectivity index (χ1v) is 10.3. The molecule has 0 atom stereocenters. The number of allylic oxidation sites excluding steroid dienone is 1. The summed E-state index contributed by atoms with van der Waals surface area (Å²) in [7, 11) is -3.97. The van der Waals surface area contributed by atoms with E-state index in [1.165, 1.54) is 42.5 Å². The predicted octanol–water partition coefficient (Wildman–Crippen LogP) is 5.40. The van der Waals surface area contributed by atoms with Gasteiger partial charge in [0.15, 0.2) is 0 Å². The lowest BCUT2D eigenvalue weighted by molar-refractivity contribution is 0.306. The van der Waals surface area contributed by atoms with Gasteiger partial charge in [0.25, 0.3) is 0 Å². The molecule has 3 rings (SSSR count). The zero-order valence-electron chi connectivity index (χ0n) is 15.0. The molecule has 0 aromatic heterocycles. The van der Waals surface area contributed by atoms with Crippen molar-refractivity contribution in [3.8, 4) is 11.8 Å². The highest BCUT2D eigenvalue weighted by atomic mass is 35.5. The number of nitriles is 1. The van der Waals surface area contributed by atoms with Gasteiger partial charge in [-0.1, -0.05) is 35.9 Å². The molecule has 0 fully saturated rings. The quantitative estimate of drug-likeness (QED) is 0.494. The largest absolute Gasteiger partial charge is 0.489 e. The van der Waals surface area contributed by atoms with Crippen LogP contribution >= 0.6 is 11.6 Å². The van der Waals surface area contributed by atoms with Crippen molar-refractivity contribution in [2.24, 2.45) is 0 Å². The minimum absolute atomic E-state index is 0.0154. The van der Waals surface area contributed by atoms with Crippen molar-refractivity contribution in [3.05, 3.63) is 99.7 Å². The Labute approximate surface area is 173 Å². The topological polar surface area (TPSA) is 67.2 Å². The second-order valence-corrected chi connectivity index (χ2v) is 8.42. The van der Waals surface area contributed by atoms with Gasteiger partial charge in [-0.25, -0.2) is 12.8 Å². The Hall–Kier alpha value is -3.14. The molecule has 0 aliphatic rings. The van der Waals surface area contributed by atoms with Gasteiger partial charge in [0, 0.05) is 5.02 Å². The molecule has 0 saturated carbocycles. The van der Waals surface area contributed by atoms with Gasteiger partial charge in [0.1, 0.15) is 29.1 Å². The average Bonchev–Trinajstić information content (AvgIpc) is 2.72. The fourth-order valence-electron chi connectivity index (χ4n) is 2.50. The van der Waals surface area contributed by atoms with Crippen LogP contribution < -0.4 is 4.74 Å². The third kappa shape index (κ3) is 5.23. The van der Waals surface area contributed by atoms with Gasteiger partial charge >= 0.3 is 0 Å². The van der Waals surface area contributed by atoms with Crippen LogP contribution in [0, 0.1) is 17.1 Å². The third-order valence-electron chi connectivity index (χ3n) is 4.00. The zero-order chi connectivity index (χ0) is 20.9. The summed E-state index contributed by atoms with van der Waals surface area (Å²) in [5, 5.41) is 9.80. The number of benzene rings is 3. The number of sulfone groups is 1. The Morgan fingerprint density at radius 3 is 2.41 bits per heavy atom. The maximum Gasteiger partial charge on any atom is 0.216 e. The Bertz CT molecular complexity index is 1180. The zero-order valence-corrected chi connectivity index (χ0v) is 16.6. The van der Waals surface area contributed by atoms with Crippen molar-refractivity contribution < 1.29 is 17.5 Å².